The number of fused-ring (bicyclic) bond motifs is 1. The summed E-state index contributed by atoms with van der Waals surface area (Å²) in [5, 5.41) is 1.76. The van der Waals surface area contributed by atoms with Crippen LogP contribution in [0.15, 0.2) is 42.5 Å². The van der Waals surface area contributed by atoms with Crippen molar-refractivity contribution in [3.63, 3.8) is 0 Å². The van der Waals surface area contributed by atoms with Crippen molar-refractivity contribution in [1.29, 1.82) is 0 Å². The number of ether oxygens (including phenoxy) is 2. The van der Waals surface area contributed by atoms with Crippen LogP contribution in [0.1, 0.15) is 26.7 Å². The van der Waals surface area contributed by atoms with Gasteiger partial charge in [-0.05, 0) is 63.1 Å². The first-order chi connectivity index (χ1) is 14.3. The average Bonchev–Trinajstić information content (AvgIpc) is 3.37. The minimum absolute atomic E-state index is 0.0252. The summed E-state index contributed by atoms with van der Waals surface area (Å²) in [4.78, 5) is 20.0. The molecule has 8 heteroatoms. The summed E-state index contributed by atoms with van der Waals surface area (Å²) in [5.74, 6) is 0.380. The van der Waals surface area contributed by atoms with Crippen molar-refractivity contribution in [2.24, 2.45) is 0 Å². The zero-order chi connectivity index (χ0) is 21.3. The second-order valence-electron chi connectivity index (χ2n) is 7.70. The van der Waals surface area contributed by atoms with Gasteiger partial charge in [0.05, 0.1) is 22.4 Å². The normalized spacial score (nSPS) is 16.7. The predicted molar refractivity (Wildman–Crippen MR) is 122 cm³/mol. The lowest BCUT2D eigenvalue weighted by atomic mass is 10.1. The number of amides is 1. The molecule has 30 heavy (non-hydrogen) atoms. The number of halogens is 2. The molecule has 0 aliphatic carbocycles. The second-order valence-corrected chi connectivity index (χ2v) is 9.55. The molecule has 1 saturated heterocycles. The number of hydrogen-bond donors (Lipinski definition) is 0. The quantitative estimate of drug-likeness (QED) is 0.450. The van der Waals surface area contributed by atoms with Crippen LogP contribution in [0.5, 0.6) is 5.75 Å². The fourth-order valence-electron chi connectivity index (χ4n) is 3.42. The Morgan fingerprint density at radius 3 is 2.70 bits per heavy atom. The van der Waals surface area contributed by atoms with Gasteiger partial charge in [-0.2, -0.15) is 0 Å². The molecule has 0 radical (unpaired) electrons. The summed E-state index contributed by atoms with van der Waals surface area (Å²) in [6.07, 6.45) is 1.87. The molecule has 158 valence electrons. The van der Waals surface area contributed by atoms with Crippen molar-refractivity contribution in [3.05, 3.63) is 52.5 Å². The Bertz CT molecular complexity index is 1050. The minimum Gasteiger partial charge on any atom is -0.478 e. The van der Waals surface area contributed by atoms with Crippen molar-refractivity contribution in [1.82, 2.24) is 4.98 Å². The van der Waals surface area contributed by atoms with Crippen LogP contribution in [-0.2, 0) is 9.53 Å². The molecule has 0 saturated carbocycles. The lowest BCUT2D eigenvalue weighted by molar-refractivity contribution is -0.131. The molecule has 1 fully saturated rings. The standard InChI is InChI=1S/C22H22Cl2N2O3S/c1-22(2,29-15-10-8-14(23)9-11-15)20(27)26(13-16-5-4-12-28-16)21-25-19-17(24)6-3-7-18(19)30-21/h3,6-11,16H,4-5,12-13H2,1-2H3. The van der Waals surface area contributed by atoms with Gasteiger partial charge in [0.1, 0.15) is 11.3 Å². The fraction of sp³-hybridized carbons (Fsp3) is 0.364. The van der Waals surface area contributed by atoms with Crippen molar-refractivity contribution >= 4 is 55.8 Å². The van der Waals surface area contributed by atoms with Gasteiger partial charge in [-0.1, -0.05) is 40.6 Å². The van der Waals surface area contributed by atoms with Gasteiger partial charge in [0.25, 0.3) is 5.91 Å². The van der Waals surface area contributed by atoms with E-state index in [9.17, 15) is 4.79 Å². The Morgan fingerprint density at radius 1 is 1.27 bits per heavy atom. The number of aromatic nitrogens is 1. The molecule has 0 spiro atoms. The van der Waals surface area contributed by atoms with E-state index >= 15 is 0 Å². The highest BCUT2D eigenvalue weighted by atomic mass is 35.5. The van der Waals surface area contributed by atoms with Gasteiger partial charge in [0.2, 0.25) is 0 Å². The zero-order valence-electron chi connectivity index (χ0n) is 16.7. The summed E-state index contributed by atoms with van der Waals surface area (Å²) in [6, 6.07) is 12.6. The number of nitrogens with zero attached hydrogens (tertiary/aromatic N) is 2. The van der Waals surface area contributed by atoms with Crippen LogP contribution in [0.4, 0.5) is 5.13 Å². The van der Waals surface area contributed by atoms with Crippen LogP contribution in [0, 0.1) is 0 Å². The van der Waals surface area contributed by atoms with Crippen LogP contribution >= 0.6 is 34.5 Å². The molecule has 2 aromatic carbocycles. The largest absolute Gasteiger partial charge is 0.478 e. The maximum atomic E-state index is 13.6. The Labute approximate surface area is 189 Å². The summed E-state index contributed by atoms with van der Waals surface area (Å²) in [5.41, 5.74) is -0.422. The smallest absolute Gasteiger partial charge is 0.272 e. The van der Waals surface area contributed by atoms with Gasteiger partial charge in [-0.3, -0.25) is 9.69 Å². The number of hydrogen-bond acceptors (Lipinski definition) is 5. The van der Waals surface area contributed by atoms with Gasteiger partial charge < -0.3 is 9.47 Å². The van der Waals surface area contributed by atoms with Crippen LogP contribution in [0.3, 0.4) is 0 Å². The highest BCUT2D eigenvalue weighted by Crippen LogP contribution is 2.35. The summed E-state index contributed by atoms with van der Waals surface area (Å²) < 4.78 is 12.8. The number of carbonyl (C=O) groups excluding carboxylic acids is 1. The van der Waals surface area contributed by atoms with Gasteiger partial charge in [0, 0.05) is 11.6 Å². The third kappa shape index (κ3) is 4.57. The van der Waals surface area contributed by atoms with E-state index in [1.54, 1.807) is 49.1 Å². The van der Waals surface area contributed by atoms with Gasteiger partial charge in [-0.25, -0.2) is 4.98 Å². The molecule has 1 unspecified atom stereocenters. The van der Waals surface area contributed by atoms with E-state index in [-0.39, 0.29) is 12.0 Å². The first kappa shape index (κ1) is 21.4. The highest BCUT2D eigenvalue weighted by Gasteiger charge is 2.38. The minimum atomic E-state index is -1.12. The average molecular weight is 465 g/mol. The number of para-hydroxylation sites is 1. The Morgan fingerprint density at radius 2 is 2.03 bits per heavy atom. The topological polar surface area (TPSA) is 51.7 Å². The second kappa shape index (κ2) is 8.71. The Kier molecular flexibility index (Phi) is 6.21. The van der Waals surface area contributed by atoms with Crippen molar-refractivity contribution in [2.45, 2.75) is 38.4 Å². The zero-order valence-corrected chi connectivity index (χ0v) is 19.1. The van der Waals surface area contributed by atoms with Gasteiger partial charge in [0.15, 0.2) is 10.7 Å². The van der Waals surface area contributed by atoms with E-state index in [0.717, 1.165) is 17.5 Å². The number of benzene rings is 2. The van der Waals surface area contributed by atoms with Gasteiger partial charge >= 0.3 is 0 Å². The molecule has 2 heterocycles. The summed E-state index contributed by atoms with van der Waals surface area (Å²) in [6.45, 7) is 4.65. The lowest BCUT2D eigenvalue weighted by Gasteiger charge is -2.32. The van der Waals surface area contributed by atoms with E-state index < -0.39 is 5.60 Å². The molecule has 4 rings (SSSR count). The molecule has 5 nitrogen and oxygen atoms in total. The predicted octanol–water partition coefficient (Wildman–Crippen LogP) is 5.97. The molecule has 0 N–H and O–H groups in total. The highest BCUT2D eigenvalue weighted by molar-refractivity contribution is 7.22. The van der Waals surface area contributed by atoms with Crippen molar-refractivity contribution in [2.75, 3.05) is 18.1 Å². The number of carbonyl (C=O) groups is 1. The van der Waals surface area contributed by atoms with E-state index in [4.69, 9.17) is 32.7 Å². The first-order valence-corrected chi connectivity index (χ1v) is 11.3. The number of anilines is 1. The lowest BCUT2D eigenvalue weighted by Crippen LogP contribution is -2.51. The van der Waals surface area contributed by atoms with Gasteiger partial charge in [-0.15, -0.1) is 0 Å². The molecule has 1 aromatic heterocycles. The number of rotatable bonds is 6. The summed E-state index contributed by atoms with van der Waals surface area (Å²) >= 11 is 13.7. The number of thiazole rings is 1. The molecular weight excluding hydrogens is 443 g/mol. The van der Waals surface area contributed by atoms with Crippen molar-refractivity contribution < 1.29 is 14.3 Å². The monoisotopic (exact) mass is 464 g/mol. The van der Waals surface area contributed by atoms with E-state index in [0.29, 0.717) is 39.6 Å². The molecule has 1 amide bonds. The van der Waals surface area contributed by atoms with Crippen LogP contribution in [0.2, 0.25) is 10.0 Å². The third-order valence-electron chi connectivity index (χ3n) is 4.95. The van der Waals surface area contributed by atoms with E-state index in [1.807, 2.05) is 12.1 Å². The Hall–Kier alpha value is -1.86. The molecule has 1 aliphatic rings. The molecule has 3 aromatic rings. The van der Waals surface area contributed by atoms with E-state index in [1.165, 1.54) is 11.3 Å². The first-order valence-electron chi connectivity index (χ1n) is 9.77. The molecular formula is C22H22Cl2N2O3S. The molecule has 1 aliphatic heterocycles. The van der Waals surface area contributed by atoms with E-state index in [2.05, 4.69) is 4.98 Å². The molecule has 0 bridgehead atoms. The maximum Gasteiger partial charge on any atom is 0.272 e. The third-order valence-corrected chi connectivity index (χ3v) is 6.55. The Balaban J connectivity index is 1.65. The van der Waals surface area contributed by atoms with Crippen LogP contribution in [0.25, 0.3) is 10.2 Å². The molecule has 1 atom stereocenters. The maximum absolute atomic E-state index is 13.6. The van der Waals surface area contributed by atoms with Crippen LogP contribution < -0.4 is 9.64 Å². The van der Waals surface area contributed by atoms with Crippen LogP contribution in [-0.4, -0.2) is 35.7 Å². The SMILES string of the molecule is CC(C)(Oc1ccc(Cl)cc1)C(=O)N(CC1CCCO1)c1nc2c(Cl)cccc2s1. The fourth-order valence-corrected chi connectivity index (χ4v) is 4.82. The van der Waals surface area contributed by atoms with Crippen molar-refractivity contribution in [3.8, 4) is 5.75 Å². The summed E-state index contributed by atoms with van der Waals surface area (Å²) in [7, 11) is 0.